The van der Waals surface area contributed by atoms with Crippen LogP contribution in [0.25, 0.3) is 0 Å². The lowest BCUT2D eigenvalue weighted by Gasteiger charge is -2.12. The van der Waals surface area contributed by atoms with Gasteiger partial charge in [0.1, 0.15) is 13.2 Å². The predicted molar refractivity (Wildman–Crippen MR) is 57.8 cm³/mol. The first-order valence-electron chi connectivity index (χ1n) is 4.86. The molecule has 17 heavy (non-hydrogen) atoms. The number of hydrogen-bond donors (Lipinski definition) is 1. The number of halogens is 3. The number of thiophene rings is 1. The predicted octanol–water partition coefficient (Wildman–Crippen LogP) is 2.50. The van der Waals surface area contributed by atoms with Gasteiger partial charge in [0.05, 0.1) is 6.04 Å². The van der Waals surface area contributed by atoms with Crippen LogP contribution >= 0.6 is 11.3 Å². The highest BCUT2D eigenvalue weighted by atomic mass is 32.1. The smallest absolute Gasteiger partial charge is 0.362 e. The Morgan fingerprint density at radius 2 is 2.29 bits per heavy atom. The maximum atomic E-state index is 11.7. The fourth-order valence-corrected chi connectivity index (χ4v) is 1.89. The Labute approximate surface area is 101 Å². The minimum Gasteiger partial charge on any atom is -0.362 e. The minimum absolute atomic E-state index is 0.225. The van der Waals surface area contributed by atoms with Gasteiger partial charge in [-0.1, -0.05) is 6.07 Å². The van der Waals surface area contributed by atoms with Crippen molar-refractivity contribution in [3.8, 4) is 0 Å². The number of alkyl halides is 3. The average molecular weight is 267 g/mol. The molecule has 1 N–H and O–H groups in total. The molecule has 0 aromatic carbocycles. The fraction of sp³-hybridized carbons (Fsp3) is 0.500. The first-order chi connectivity index (χ1) is 7.88. The third-order valence-corrected chi connectivity index (χ3v) is 2.90. The maximum absolute atomic E-state index is 11.7. The molecular weight excluding hydrogens is 255 g/mol. The van der Waals surface area contributed by atoms with Crippen LogP contribution in [-0.2, 0) is 9.53 Å². The highest BCUT2D eigenvalue weighted by molar-refractivity contribution is 7.10. The van der Waals surface area contributed by atoms with Crippen molar-refractivity contribution in [1.82, 2.24) is 5.32 Å². The van der Waals surface area contributed by atoms with Crippen LogP contribution in [0.4, 0.5) is 13.2 Å². The summed E-state index contributed by atoms with van der Waals surface area (Å²) in [6, 6.07) is 3.45. The Hall–Kier alpha value is -1.08. The molecule has 0 saturated heterocycles. The molecule has 0 saturated carbocycles. The molecule has 1 aromatic heterocycles. The molecule has 0 radical (unpaired) electrons. The van der Waals surface area contributed by atoms with Gasteiger partial charge in [-0.05, 0) is 18.4 Å². The van der Waals surface area contributed by atoms with Gasteiger partial charge in [-0.2, -0.15) is 13.2 Å². The van der Waals surface area contributed by atoms with Crippen molar-refractivity contribution >= 4 is 17.2 Å². The SMILES string of the molecule is C[C@@H](NC(=O)COCC(F)(F)F)c1cccs1. The zero-order valence-electron chi connectivity index (χ0n) is 9.08. The molecule has 0 unspecified atom stereocenters. The third-order valence-electron chi connectivity index (χ3n) is 1.85. The van der Waals surface area contributed by atoms with E-state index in [-0.39, 0.29) is 6.04 Å². The average Bonchev–Trinajstić information content (AvgIpc) is 2.67. The lowest BCUT2D eigenvalue weighted by atomic mass is 10.3. The van der Waals surface area contributed by atoms with Gasteiger partial charge in [-0.25, -0.2) is 0 Å². The van der Waals surface area contributed by atoms with Crippen LogP contribution in [0.3, 0.4) is 0 Å². The summed E-state index contributed by atoms with van der Waals surface area (Å²) in [5.74, 6) is -0.560. The monoisotopic (exact) mass is 267 g/mol. The maximum Gasteiger partial charge on any atom is 0.411 e. The molecule has 1 rings (SSSR count). The second-order valence-corrected chi connectivity index (χ2v) is 4.39. The zero-order valence-corrected chi connectivity index (χ0v) is 9.90. The third kappa shape index (κ3) is 5.69. The summed E-state index contributed by atoms with van der Waals surface area (Å²) >= 11 is 1.47. The Balaban J connectivity index is 2.26. The van der Waals surface area contributed by atoms with Gasteiger partial charge in [0, 0.05) is 4.88 Å². The van der Waals surface area contributed by atoms with Crippen molar-refractivity contribution in [2.45, 2.75) is 19.1 Å². The molecule has 7 heteroatoms. The first-order valence-corrected chi connectivity index (χ1v) is 5.74. The molecule has 1 atom stereocenters. The topological polar surface area (TPSA) is 38.3 Å². The molecule has 0 spiro atoms. The van der Waals surface area contributed by atoms with Crippen LogP contribution in [0, 0.1) is 0 Å². The lowest BCUT2D eigenvalue weighted by molar-refractivity contribution is -0.175. The number of carbonyl (C=O) groups is 1. The van der Waals surface area contributed by atoms with Crippen molar-refractivity contribution in [2.24, 2.45) is 0 Å². The van der Waals surface area contributed by atoms with Gasteiger partial charge in [-0.15, -0.1) is 11.3 Å². The number of hydrogen-bond acceptors (Lipinski definition) is 3. The van der Waals surface area contributed by atoms with E-state index in [1.54, 1.807) is 6.92 Å². The van der Waals surface area contributed by atoms with E-state index in [4.69, 9.17) is 0 Å². The first kappa shape index (κ1) is 14.0. The van der Waals surface area contributed by atoms with Crippen molar-refractivity contribution < 1.29 is 22.7 Å². The highest BCUT2D eigenvalue weighted by Crippen LogP contribution is 2.18. The van der Waals surface area contributed by atoms with Crippen LogP contribution in [0.2, 0.25) is 0 Å². The molecule has 1 amide bonds. The van der Waals surface area contributed by atoms with Gasteiger partial charge in [0.25, 0.3) is 0 Å². The van der Waals surface area contributed by atoms with E-state index in [0.29, 0.717) is 0 Å². The summed E-state index contributed by atoms with van der Waals surface area (Å²) in [6.07, 6.45) is -4.40. The molecule has 1 heterocycles. The molecule has 0 bridgehead atoms. The number of carbonyl (C=O) groups excluding carboxylic acids is 1. The van der Waals surface area contributed by atoms with Crippen molar-refractivity contribution in [1.29, 1.82) is 0 Å². The van der Waals surface area contributed by atoms with Crippen LogP contribution in [0.15, 0.2) is 17.5 Å². The Kier molecular flexibility index (Phi) is 4.95. The van der Waals surface area contributed by atoms with Crippen LogP contribution < -0.4 is 5.32 Å². The van der Waals surface area contributed by atoms with E-state index < -0.39 is 25.3 Å². The fourth-order valence-electron chi connectivity index (χ4n) is 1.15. The van der Waals surface area contributed by atoms with Crippen molar-refractivity contribution in [3.05, 3.63) is 22.4 Å². The standard InChI is InChI=1S/C10H12F3NO2S/c1-7(8-3-2-4-17-8)14-9(15)5-16-6-10(11,12)13/h2-4,7H,5-6H2,1H3,(H,14,15)/t7-/m1/s1. The molecular formula is C10H12F3NO2S. The van der Waals surface area contributed by atoms with Crippen LogP contribution in [0.1, 0.15) is 17.8 Å². The van der Waals surface area contributed by atoms with E-state index in [2.05, 4.69) is 10.1 Å². The second kappa shape index (κ2) is 6.02. The Morgan fingerprint density at radius 3 is 2.82 bits per heavy atom. The number of nitrogens with one attached hydrogen (secondary N) is 1. The molecule has 0 aliphatic carbocycles. The molecule has 96 valence electrons. The molecule has 3 nitrogen and oxygen atoms in total. The minimum atomic E-state index is -4.40. The summed E-state index contributed by atoms with van der Waals surface area (Å²) in [4.78, 5) is 12.2. The molecule has 0 aliphatic heterocycles. The summed E-state index contributed by atoms with van der Waals surface area (Å²) in [5.41, 5.74) is 0. The lowest BCUT2D eigenvalue weighted by Crippen LogP contribution is -2.31. The van der Waals surface area contributed by atoms with Gasteiger partial charge < -0.3 is 10.1 Å². The Morgan fingerprint density at radius 1 is 1.59 bits per heavy atom. The van der Waals surface area contributed by atoms with E-state index >= 15 is 0 Å². The quantitative estimate of drug-likeness (QED) is 0.890. The van der Waals surface area contributed by atoms with Gasteiger partial charge in [0.2, 0.25) is 5.91 Å². The Bertz CT molecular complexity index is 351. The summed E-state index contributed by atoms with van der Waals surface area (Å²) in [7, 11) is 0. The highest BCUT2D eigenvalue weighted by Gasteiger charge is 2.27. The van der Waals surface area contributed by atoms with E-state index in [0.717, 1.165) is 4.88 Å². The summed E-state index contributed by atoms with van der Waals surface area (Å²) < 4.78 is 39.5. The van der Waals surface area contributed by atoms with Crippen LogP contribution in [-0.4, -0.2) is 25.3 Å². The summed E-state index contributed by atoms with van der Waals surface area (Å²) in [6.45, 7) is -0.240. The number of amides is 1. The molecule has 0 fully saturated rings. The van der Waals surface area contributed by atoms with Crippen molar-refractivity contribution in [2.75, 3.05) is 13.2 Å². The normalized spacial score (nSPS) is 13.4. The van der Waals surface area contributed by atoms with Gasteiger partial charge in [0.15, 0.2) is 0 Å². The largest absolute Gasteiger partial charge is 0.411 e. The summed E-state index contributed by atoms with van der Waals surface area (Å²) in [5, 5.41) is 4.41. The molecule has 1 aromatic rings. The second-order valence-electron chi connectivity index (χ2n) is 3.41. The van der Waals surface area contributed by atoms with Crippen LogP contribution in [0.5, 0.6) is 0 Å². The van der Waals surface area contributed by atoms with Gasteiger partial charge in [-0.3, -0.25) is 4.79 Å². The van der Waals surface area contributed by atoms with E-state index in [1.807, 2.05) is 17.5 Å². The van der Waals surface area contributed by atoms with Crippen molar-refractivity contribution in [3.63, 3.8) is 0 Å². The van der Waals surface area contributed by atoms with E-state index in [1.165, 1.54) is 11.3 Å². The molecule has 0 aliphatic rings. The zero-order chi connectivity index (χ0) is 12.9. The number of rotatable bonds is 5. The van der Waals surface area contributed by atoms with E-state index in [9.17, 15) is 18.0 Å². The number of ether oxygens (including phenoxy) is 1. The van der Waals surface area contributed by atoms with Gasteiger partial charge >= 0.3 is 6.18 Å².